The van der Waals surface area contributed by atoms with Crippen molar-refractivity contribution in [1.82, 2.24) is 4.90 Å². The number of hydrogen-bond acceptors (Lipinski definition) is 3. The number of rotatable bonds is 6. The average molecular weight is 210 g/mol. The zero-order valence-corrected chi connectivity index (χ0v) is 9.99. The van der Waals surface area contributed by atoms with Crippen molar-refractivity contribution in [3.63, 3.8) is 0 Å². The SMILES string of the molecule is CCN(Cc1ccoc1)CC(C)(C)CN. The van der Waals surface area contributed by atoms with Gasteiger partial charge in [-0.15, -0.1) is 0 Å². The van der Waals surface area contributed by atoms with Crippen molar-refractivity contribution >= 4 is 0 Å². The minimum Gasteiger partial charge on any atom is -0.472 e. The van der Waals surface area contributed by atoms with Crippen LogP contribution in [0.1, 0.15) is 26.3 Å². The minimum atomic E-state index is 0.180. The largest absolute Gasteiger partial charge is 0.472 e. The van der Waals surface area contributed by atoms with Gasteiger partial charge in [0.05, 0.1) is 12.5 Å². The molecule has 1 aromatic rings. The van der Waals surface area contributed by atoms with E-state index in [0.29, 0.717) is 0 Å². The van der Waals surface area contributed by atoms with Crippen LogP contribution in [0, 0.1) is 5.41 Å². The zero-order chi connectivity index (χ0) is 11.3. The fourth-order valence-electron chi connectivity index (χ4n) is 1.59. The van der Waals surface area contributed by atoms with Crippen molar-refractivity contribution < 1.29 is 4.42 Å². The summed E-state index contributed by atoms with van der Waals surface area (Å²) >= 11 is 0. The highest BCUT2D eigenvalue weighted by Gasteiger charge is 2.19. The quantitative estimate of drug-likeness (QED) is 0.781. The summed E-state index contributed by atoms with van der Waals surface area (Å²) < 4.78 is 5.06. The van der Waals surface area contributed by atoms with Gasteiger partial charge in [-0.05, 0) is 24.6 Å². The van der Waals surface area contributed by atoms with Crippen molar-refractivity contribution in [2.45, 2.75) is 27.3 Å². The highest BCUT2D eigenvalue weighted by Crippen LogP contribution is 2.16. The highest BCUT2D eigenvalue weighted by molar-refractivity contribution is 5.04. The predicted molar refractivity (Wildman–Crippen MR) is 62.5 cm³/mol. The number of nitrogens with two attached hydrogens (primary N) is 1. The lowest BCUT2D eigenvalue weighted by Gasteiger charge is -2.30. The van der Waals surface area contributed by atoms with Gasteiger partial charge in [0.25, 0.3) is 0 Å². The molecule has 0 amide bonds. The van der Waals surface area contributed by atoms with E-state index in [2.05, 4.69) is 25.7 Å². The van der Waals surface area contributed by atoms with E-state index in [-0.39, 0.29) is 5.41 Å². The van der Waals surface area contributed by atoms with Crippen LogP contribution in [0.5, 0.6) is 0 Å². The van der Waals surface area contributed by atoms with Crippen molar-refractivity contribution in [2.24, 2.45) is 11.1 Å². The van der Waals surface area contributed by atoms with E-state index in [9.17, 15) is 0 Å². The smallest absolute Gasteiger partial charge is 0.0947 e. The number of hydrogen-bond donors (Lipinski definition) is 1. The summed E-state index contributed by atoms with van der Waals surface area (Å²) in [6, 6.07) is 2.01. The Bertz CT molecular complexity index is 267. The second-order valence-electron chi connectivity index (χ2n) is 4.80. The van der Waals surface area contributed by atoms with Crippen LogP contribution in [0.4, 0.5) is 0 Å². The van der Waals surface area contributed by atoms with Gasteiger partial charge in [0.2, 0.25) is 0 Å². The van der Waals surface area contributed by atoms with Gasteiger partial charge in [-0.25, -0.2) is 0 Å². The third-order valence-electron chi connectivity index (χ3n) is 2.64. The van der Waals surface area contributed by atoms with E-state index in [1.54, 1.807) is 12.5 Å². The van der Waals surface area contributed by atoms with Crippen molar-refractivity contribution in [3.05, 3.63) is 24.2 Å². The zero-order valence-electron chi connectivity index (χ0n) is 9.99. The topological polar surface area (TPSA) is 42.4 Å². The third kappa shape index (κ3) is 4.06. The van der Waals surface area contributed by atoms with Crippen LogP contribution in [0.2, 0.25) is 0 Å². The Balaban J connectivity index is 2.50. The van der Waals surface area contributed by atoms with Crippen LogP contribution >= 0.6 is 0 Å². The summed E-state index contributed by atoms with van der Waals surface area (Å²) in [6.07, 6.45) is 3.52. The van der Waals surface area contributed by atoms with E-state index in [1.165, 1.54) is 5.56 Å². The first-order chi connectivity index (χ1) is 7.07. The molecule has 2 N–H and O–H groups in total. The molecule has 0 bridgehead atoms. The van der Waals surface area contributed by atoms with E-state index < -0.39 is 0 Å². The maximum atomic E-state index is 5.74. The molecule has 0 saturated heterocycles. The van der Waals surface area contributed by atoms with E-state index >= 15 is 0 Å². The molecule has 0 aliphatic rings. The summed E-state index contributed by atoms with van der Waals surface area (Å²) in [7, 11) is 0. The molecular weight excluding hydrogens is 188 g/mol. The molecule has 0 aliphatic carbocycles. The maximum Gasteiger partial charge on any atom is 0.0947 e. The van der Waals surface area contributed by atoms with Crippen LogP contribution in [-0.2, 0) is 6.54 Å². The summed E-state index contributed by atoms with van der Waals surface area (Å²) in [6.45, 7) is 10.3. The van der Waals surface area contributed by atoms with Crippen LogP contribution in [0.3, 0.4) is 0 Å². The lowest BCUT2D eigenvalue weighted by Crippen LogP contribution is -2.38. The highest BCUT2D eigenvalue weighted by atomic mass is 16.3. The predicted octanol–water partition coefficient (Wildman–Crippen LogP) is 2.09. The van der Waals surface area contributed by atoms with Crippen LogP contribution in [0.25, 0.3) is 0 Å². The summed E-state index contributed by atoms with van der Waals surface area (Å²) in [4.78, 5) is 2.39. The fraction of sp³-hybridized carbons (Fsp3) is 0.667. The monoisotopic (exact) mass is 210 g/mol. The molecule has 86 valence electrons. The van der Waals surface area contributed by atoms with Crippen LogP contribution in [0.15, 0.2) is 23.0 Å². The van der Waals surface area contributed by atoms with Crippen molar-refractivity contribution in [1.29, 1.82) is 0 Å². The molecule has 0 spiro atoms. The van der Waals surface area contributed by atoms with Gasteiger partial charge in [0.15, 0.2) is 0 Å². The molecule has 1 rings (SSSR count). The molecule has 3 nitrogen and oxygen atoms in total. The lowest BCUT2D eigenvalue weighted by molar-refractivity contribution is 0.183. The van der Waals surface area contributed by atoms with Crippen molar-refractivity contribution in [2.75, 3.05) is 19.6 Å². The molecule has 15 heavy (non-hydrogen) atoms. The van der Waals surface area contributed by atoms with E-state index in [1.807, 2.05) is 6.07 Å². The molecule has 0 radical (unpaired) electrons. The molecule has 3 heteroatoms. The molecule has 1 heterocycles. The maximum absolute atomic E-state index is 5.74. The van der Waals surface area contributed by atoms with Gasteiger partial charge < -0.3 is 10.2 Å². The standard InChI is InChI=1S/C12H22N2O/c1-4-14(10-12(2,3)9-13)7-11-5-6-15-8-11/h5-6,8H,4,7,9-10,13H2,1-3H3. The van der Waals surface area contributed by atoms with Gasteiger partial charge in [-0.3, -0.25) is 4.90 Å². The Hall–Kier alpha value is -0.800. The molecule has 0 aromatic carbocycles. The fourth-order valence-corrected chi connectivity index (χ4v) is 1.59. The minimum absolute atomic E-state index is 0.180. The van der Waals surface area contributed by atoms with Crippen LogP contribution in [-0.4, -0.2) is 24.5 Å². The summed E-state index contributed by atoms with van der Waals surface area (Å²) in [5.74, 6) is 0. The normalized spacial score (nSPS) is 12.3. The summed E-state index contributed by atoms with van der Waals surface area (Å²) in [5.41, 5.74) is 7.14. The molecule has 1 aromatic heterocycles. The molecule has 0 aliphatic heterocycles. The molecular formula is C12H22N2O. The van der Waals surface area contributed by atoms with Crippen molar-refractivity contribution in [3.8, 4) is 0 Å². The Labute approximate surface area is 92.2 Å². The Morgan fingerprint density at radius 2 is 2.20 bits per heavy atom. The Kier molecular flexibility index (Phi) is 4.36. The average Bonchev–Trinajstić information content (AvgIpc) is 2.69. The number of furan rings is 1. The summed E-state index contributed by atoms with van der Waals surface area (Å²) in [5, 5.41) is 0. The van der Waals surface area contributed by atoms with Gasteiger partial charge >= 0.3 is 0 Å². The molecule has 0 fully saturated rings. The Morgan fingerprint density at radius 3 is 2.67 bits per heavy atom. The van der Waals surface area contributed by atoms with Gasteiger partial charge in [0, 0.05) is 18.7 Å². The first kappa shape index (κ1) is 12.3. The van der Waals surface area contributed by atoms with Crippen LogP contribution < -0.4 is 5.73 Å². The number of nitrogens with zero attached hydrogens (tertiary/aromatic N) is 1. The van der Waals surface area contributed by atoms with E-state index in [4.69, 9.17) is 10.2 Å². The Morgan fingerprint density at radius 1 is 1.47 bits per heavy atom. The lowest BCUT2D eigenvalue weighted by atomic mass is 9.93. The van der Waals surface area contributed by atoms with Gasteiger partial charge in [0.1, 0.15) is 0 Å². The third-order valence-corrected chi connectivity index (χ3v) is 2.64. The van der Waals surface area contributed by atoms with Gasteiger partial charge in [-0.1, -0.05) is 20.8 Å². The first-order valence-electron chi connectivity index (χ1n) is 5.51. The molecule has 0 saturated carbocycles. The molecule has 0 unspecified atom stereocenters. The van der Waals surface area contributed by atoms with E-state index in [0.717, 1.165) is 26.2 Å². The second kappa shape index (κ2) is 5.33. The second-order valence-corrected chi connectivity index (χ2v) is 4.80. The van der Waals surface area contributed by atoms with Gasteiger partial charge in [-0.2, -0.15) is 0 Å². The molecule has 0 atom stereocenters. The first-order valence-corrected chi connectivity index (χ1v) is 5.51.